The molecule has 2 heterocycles. The Morgan fingerprint density at radius 2 is 1.77 bits per heavy atom. The summed E-state index contributed by atoms with van der Waals surface area (Å²) in [7, 11) is 2.18. The highest BCUT2D eigenvalue weighted by atomic mass is 16.4. The Balaban J connectivity index is 1.79. The van der Waals surface area contributed by atoms with Gasteiger partial charge >= 0.3 is 7.12 Å². The molecule has 0 saturated heterocycles. The normalized spacial score (nSPS) is 11.0. The number of hydrogen-bond donors (Lipinski definition) is 4. The molecule has 0 unspecified atom stereocenters. The third-order valence-corrected chi connectivity index (χ3v) is 4.87. The predicted molar refractivity (Wildman–Crippen MR) is 120 cm³/mol. The summed E-state index contributed by atoms with van der Waals surface area (Å²) in [6.45, 7) is 2.50. The van der Waals surface area contributed by atoms with Gasteiger partial charge in [0.15, 0.2) is 5.82 Å². The summed E-state index contributed by atoms with van der Waals surface area (Å²) in [5, 5.41) is 23.5. The van der Waals surface area contributed by atoms with Crippen LogP contribution < -0.4 is 15.7 Å². The second kappa shape index (κ2) is 8.13. The average Bonchev–Trinajstić information content (AvgIpc) is 3.08. The van der Waals surface area contributed by atoms with Crippen LogP contribution in [0.15, 0.2) is 48.5 Å². The molecule has 0 aliphatic carbocycles. The van der Waals surface area contributed by atoms with E-state index in [1.807, 2.05) is 62.3 Å². The highest BCUT2D eigenvalue weighted by Crippen LogP contribution is 2.30. The zero-order valence-electron chi connectivity index (χ0n) is 17.1. The van der Waals surface area contributed by atoms with Crippen LogP contribution in [0.1, 0.15) is 11.3 Å². The molecule has 9 heteroatoms. The number of nitrogens with one attached hydrogen (secondary N) is 2. The molecular weight excluding hydrogens is 379 g/mol. The van der Waals surface area contributed by atoms with Gasteiger partial charge in [-0.3, -0.25) is 0 Å². The standard InChI is InChI=1S/C21H23BN6O2/c1-13-17(15-10-7-11-16(22(29)30)18(15)24-13)19-25-20(27-21(26-19)28(2)3)23-12-14-8-5-4-6-9-14/h4-11,24,29-30H,12H2,1-3H3,(H,23,25,26,27). The summed E-state index contributed by atoms with van der Waals surface area (Å²) >= 11 is 0. The number of nitrogens with zero attached hydrogens (tertiary/aromatic N) is 4. The zero-order valence-corrected chi connectivity index (χ0v) is 17.1. The van der Waals surface area contributed by atoms with Gasteiger partial charge in [-0.2, -0.15) is 15.0 Å². The average molecular weight is 402 g/mol. The summed E-state index contributed by atoms with van der Waals surface area (Å²) in [6.07, 6.45) is 0. The van der Waals surface area contributed by atoms with Crippen molar-refractivity contribution in [3.8, 4) is 11.4 Å². The number of benzene rings is 2. The van der Waals surface area contributed by atoms with Gasteiger partial charge < -0.3 is 25.2 Å². The maximum atomic E-state index is 9.71. The number of aromatic amines is 1. The van der Waals surface area contributed by atoms with Crippen LogP contribution in [0.25, 0.3) is 22.3 Å². The monoisotopic (exact) mass is 402 g/mol. The van der Waals surface area contributed by atoms with Crippen molar-refractivity contribution in [2.45, 2.75) is 13.5 Å². The van der Waals surface area contributed by atoms with E-state index in [-0.39, 0.29) is 0 Å². The summed E-state index contributed by atoms with van der Waals surface area (Å²) in [6, 6.07) is 15.4. The maximum Gasteiger partial charge on any atom is 0.490 e. The topological polar surface area (TPSA) is 110 Å². The Morgan fingerprint density at radius 1 is 1.00 bits per heavy atom. The van der Waals surface area contributed by atoms with Crippen molar-refractivity contribution in [3.63, 3.8) is 0 Å². The van der Waals surface area contributed by atoms with E-state index < -0.39 is 7.12 Å². The second-order valence-electron chi connectivity index (χ2n) is 7.28. The van der Waals surface area contributed by atoms with E-state index in [4.69, 9.17) is 0 Å². The van der Waals surface area contributed by atoms with Crippen LogP contribution in [0.3, 0.4) is 0 Å². The molecular formula is C21H23BN6O2. The van der Waals surface area contributed by atoms with Crippen LogP contribution >= 0.6 is 0 Å². The Labute approximate surface area is 174 Å². The van der Waals surface area contributed by atoms with Crippen molar-refractivity contribution < 1.29 is 10.0 Å². The number of hydrogen-bond acceptors (Lipinski definition) is 7. The van der Waals surface area contributed by atoms with Crippen molar-refractivity contribution in [1.29, 1.82) is 0 Å². The van der Waals surface area contributed by atoms with Crippen LogP contribution in [-0.4, -0.2) is 51.2 Å². The van der Waals surface area contributed by atoms with Gasteiger partial charge in [-0.05, 0) is 12.5 Å². The number of para-hydroxylation sites is 1. The smallest absolute Gasteiger partial charge is 0.423 e. The van der Waals surface area contributed by atoms with Gasteiger partial charge in [0.05, 0.1) is 0 Å². The molecule has 152 valence electrons. The molecule has 30 heavy (non-hydrogen) atoms. The predicted octanol–water partition coefficient (Wildman–Crippen LogP) is 1.69. The highest BCUT2D eigenvalue weighted by Gasteiger charge is 2.21. The minimum absolute atomic E-state index is 0.408. The SMILES string of the molecule is Cc1[nH]c2c(B(O)O)cccc2c1-c1nc(NCc2ccccc2)nc(N(C)C)n1. The first-order valence-electron chi connectivity index (χ1n) is 9.63. The lowest BCUT2D eigenvalue weighted by atomic mass is 9.79. The quantitative estimate of drug-likeness (QED) is 0.363. The highest BCUT2D eigenvalue weighted by molar-refractivity contribution is 6.61. The third kappa shape index (κ3) is 3.85. The molecule has 4 N–H and O–H groups in total. The second-order valence-corrected chi connectivity index (χ2v) is 7.28. The van der Waals surface area contributed by atoms with E-state index in [9.17, 15) is 10.0 Å². The van der Waals surface area contributed by atoms with Crippen molar-refractivity contribution in [3.05, 3.63) is 59.8 Å². The van der Waals surface area contributed by atoms with Gasteiger partial charge in [0.25, 0.3) is 0 Å². The van der Waals surface area contributed by atoms with Crippen LogP contribution in [0, 0.1) is 6.92 Å². The fraction of sp³-hybridized carbons (Fsp3) is 0.190. The molecule has 0 fully saturated rings. The van der Waals surface area contributed by atoms with Gasteiger partial charge in [-0.15, -0.1) is 0 Å². The summed E-state index contributed by atoms with van der Waals surface area (Å²) in [5.41, 5.74) is 3.83. The van der Waals surface area contributed by atoms with Gasteiger partial charge in [-0.25, -0.2) is 0 Å². The Bertz CT molecular complexity index is 1180. The number of fused-ring (bicyclic) bond motifs is 1. The van der Waals surface area contributed by atoms with Crippen molar-refractivity contribution in [2.75, 3.05) is 24.3 Å². The lowest BCUT2D eigenvalue weighted by molar-refractivity contribution is 0.426. The van der Waals surface area contributed by atoms with E-state index in [0.717, 1.165) is 22.2 Å². The number of aromatic nitrogens is 4. The number of aryl methyl sites for hydroxylation is 1. The van der Waals surface area contributed by atoms with E-state index >= 15 is 0 Å². The summed E-state index contributed by atoms with van der Waals surface area (Å²) < 4.78 is 0. The minimum atomic E-state index is -1.57. The van der Waals surface area contributed by atoms with Crippen molar-refractivity contribution in [2.24, 2.45) is 0 Å². The van der Waals surface area contributed by atoms with Crippen LogP contribution in [-0.2, 0) is 6.54 Å². The Kier molecular flexibility index (Phi) is 5.39. The van der Waals surface area contributed by atoms with Crippen molar-refractivity contribution in [1.82, 2.24) is 19.9 Å². The molecule has 4 rings (SSSR count). The molecule has 0 amide bonds. The van der Waals surface area contributed by atoms with E-state index in [1.165, 1.54) is 0 Å². The fourth-order valence-corrected chi connectivity index (χ4v) is 3.41. The minimum Gasteiger partial charge on any atom is -0.423 e. The molecule has 0 aliphatic rings. The maximum absolute atomic E-state index is 9.71. The van der Waals surface area contributed by atoms with Gasteiger partial charge in [0, 0.05) is 48.3 Å². The number of anilines is 2. The molecule has 8 nitrogen and oxygen atoms in total. The summed E-state index contributed by atoms with van der Waals surface area (Å²) in [5.74, 6) is 1.51. The molecule has 0 atom stereocenters. The molecule has 0 spiro atoms. The lowest BCUT2D eigenvalue weighted by Crippen LogP contribution is -2.30. The summed E-state index contributed by atoms with van der Waals surface area (Å²) in [4.78, 5) is 18.9. The largest absolute Gasteiger partial charge is 0.490 e. The first-order chi connectivity index (χ1) is 14.4. The first-order valence-corrected chi connectivity index (χ1v) is 9.63. The van der Waals surface area contributed by atoms with Crippen LogP contribution in [0.2, 0.25) is 0 Å². The molecule has 2 aromatic heterocycles. The van der Waals surface area contributed by atoms with E-state index in [1.54, 1.807) is 12.1 Å². The van der Waals surface area contributed by atoms with E-state index in [2.05, 4.69) is 25.3 Å². The Hall–Kier alpha value is -3.43. The molecule has 0 radical (unpaired) electrons. The van der Waals surface area contributed by atoms with Gasteiger partial charge in [0.2, 0.25) is 11.9 Å². The molecule has 0 aliphatic heterocycles. The third-order valence-electron chi connectivity index (χ3n) is 4.87. The molecule has 2 aromatic carbocycles. The number of H-pyrrole nitrogens is 1. The fourth-order valence-electron chi connectivity index (χ4n) is 3.41. The Morgan fingerprint density at radius 3 is 2.47 bits per heavy atom. The zero-order chi connectivity index (χ0) is 21.3. The van der Waals surface area contributed by atoms with Crippen LogP contribution in [0.4, 0.5) is 11.9 Å². The molecule has 0 saturated carbocycles. The number of rotatable bonds is 6. The van der Waals surface area contributed by atoms with Gasteiger partial charge in [0.1, 0.15) is 0 Å². The van der Waals surface area contributed by atoms with Gasteiger partial charge in [-0.1, -0.05) is 48.5 Å². The van der Waals surface area contributed by atoms with E-state index in [0.29, 0.717) is 35.2 Å². The van der Waals surface area contributed by atoms with Crippen LogP contribution in [0.5, 0.6) is 0 Å². The molecule has 0 bridgehead atoms. The first kappa shape index (κ1) is 19.9. The van der Waals surface area contributed by atoms with Crippen molar-refractivity contribution >= 4 is 35.4 Å². The molecule has 4 aromatic rings. The lowest BCUT2D eigenvalue weighted by Gasteiger charge is -2.14.